The Hall–Kier alpha value is -1.36. The van der Waals surface area contributed by atoms with Crippen LogP contribution in [0.1, 0.15) is 25.6 Å². The number of aryl methyl sites for hydroxylation is 1. The van der Waals surface area contributed by atoms with Crippen LogP contribution in [-0.2, 0) is 0 Å². The van der Waals surface area contributed by atoms with Crippen molar-refractivity contribution in [1.29, 1.82) is 0 Å². The zero-order valence-corrected chi connectivity index (χ0v) is 10.1. The molecule has 5 heteroatoms. The molecule has 1 fully saturated rings. The van der Waals surface area contributed by atoms with Crippen molar-refractivity contribution in [2.75, 3.05) is 17.4 Å². The van der Waals surface area contributed by atoms with Gasteiger partial charge < -0.3 is 10.3 Å². The fraction of sp³-hybridized carbons (Fsp3) is 0.636. The first-order valence-electron chi connectivity index (χ1n) is 5.67. The molecule has 0 amide bonds. The summed E-state index contributed by atoms with van der Waals surface area (Å²) in [6.45, 7) is 4.12. The normalized spacial score (nSPS) is 17.0. The Labute approximate surface area is 96.0 Å². The van der Waals surface area contributed by atoms with Crippen molar-refractivity contribution < 1.29 is 0 Å². The van der Waals surface area contributed by atoms with Gasteiger partial charge in [-0.3, -0.25) is 0 Å². The average molecular weight is 221 g/mol. The Balaban J connectivity index is 2.20. The average Bonchev–Trinajstić information content (AvgIpc) is 3.10. The van der Waals surface area contributed by atoms with Gasteiger partial charge in [0.2, 0.25) is 0 Å². The van der Waals surface area contributed by atoms with Crippen LogP contribution >= 0.6 is 0 Å². The molecule has 3 N–H and O–H groups in total. The molecule has 1 atom stereocenters. The van der Waals surface area contributed by atoms with E-state index in [4.69, 9.17) is 5.84 Å². The number of anilines is 2. The molecule has 0 aromatic carbocycles. The minimum atomic E-state index is 0.528. The molecular weight excluding hydrogens is 202 g/mol. The zero-order valence-electron chi connectivity index (χ0n) is 10.1. The first kappa shape index (κ1) is 11.1. The SMILES string of the molecule is Cc1nc(NN)cc(N(C)C(C)C2CC2)n1. The molecule has 1 aromatic heterocycles. The Morgan fingerprint density at radius 2 is 2.19 bits per heavy atom. The van der Waals surface area contributed by atoms with Crippen molar-refractivity contribution in [2.24, 2.45) is 11.8 Å². The quantitative estimate of drug-likeness (QED) is 0.592. The number of hydrazine groups is 1. The molecule has 88 valence electrons. The van der Waals surface area contributed by atoms with E-state index < -0.39 is 0 Å². The minimum Gasteiger partial charge on any atom is -0.357 e. The summed E-state index contributed by atoms with van der Waals surface area (Å²) >= 11 is 0. The second-order valence-corrected chi connectivity index (χ2v) is 4.49. The lowest BCUT2D eigenvalue weighted by atomic mass is 10.2. The lowest BCUT2D eigenvalue weighted by Gasteiger charge is -2.26. The lowest BCUT2D eigenvalue weighted by molar-refractivity contribution is 0.603. The molecule has 1 aliphatic rings. The fourth-order valence-electron chi connectivity index (χ4n) is 1.91. The Morgan fingerprint density at radius 1 is 1.50 bits per heavy atom. The van der Waals surface area contributed by atoms with Gasteiger partial charge in [0.05, 0.1) is 0 Å². The van der Waals surface area contributed by atoms with E-state index in [1.807, 2.05) is 13.0 Å². The summed E-state index contributed by atoms with van der Waals surface area (Å²) in [6, 6.07) is 2.41. The smallest absolute Gasteiger partial charge is 0.145 e. The van der Waals surface area contributed by atoms with Gasteiger partial charge in [0, 0.05) is 19.2 Å². The van der Waals surface area contributed by atoms with E-state index in [-0.39, 0.29) is 0 Å². The number of hydrogen-bond donors (Lipinski definition) is 2. The minimum absolute atomic E-state index is 0.528. The van der Waals surface area contributed by atoms with E-state index in [2.05, 4.69) is 34.3 Å². The third-order valence-corrected chi connectivity index (χ3v) is 3.25. The number of rotatable bonds is 4. The van der Waals surface area contributed by atoms with Gasteiger partial charge in [-0.2, -0.15) is 0 Å². The molecule has 1 saturated carbocycles. The maximum absolute atomic E-state index is 5.38. The summed E-state index contributed by atoms with van der Waals surface area (Å²) < 4.78 is 0. The first-order valence-corrected chi connectivity index (χ1v) is 5.67. The van der Waals surface area contributed by atoms with Crippen molar-refractivity contribution in [2.45, 2.75) is 32.7 Å². The molecule has 0 spiro atoms. The molecule has 1 aromatic rings. The van der Waals surface area contributed by atoms with E-state index in [1.165, 1.54) is 12.8 Å². The number of nitrogens with one attached hydrogen (secondary N) is 1. The van der Waals surface area contributed by atoms with Gasteiger partial charge in [-0.05, 0) is 32.6 Å². The van der Waals surface area contributed by atoms with Crippen molar-refractivity contribution in [3.05, 3.63) is 11.9 Å². The molecule has 0 bridgehead atoms. The predicted octanol–water partition coefficient (Wildman–Crippen LogP) is 1.31. The van der Waals surface area contributed by atoms with Crippen LogP contribution in [0, 0.1) is 12.8 Å². The molecule has 1 unspecified atom stereocenters. The summed E-state index contributed by atoms with van der Waals surface area (Å²) in [5, 5.41) is 0. The Morgan fingerprint density at radius 3 is 2.75 bits per heavy atom. The second kappa shape index (κ2) is 4.25. The van der Waals surface area contributed by atoms with Crippen molar-refractivity contribution in [1.82, 2.24) is 9.97 Å². The van der Waals surface area contributed by atoms with Gasteiger partial charge in [0.1, 0.15) is 17.5 Å². The van der Waals surface area contributed by atoms with Crippen LogP contribution in [0.5, 0.6) is 0 Å². The Bertz CT molecular complexity index is 375. The molecule has 1 aliphatic carbocycles. The molecule has 2 rings (SSSR count). The van der Waals surface area contributed by atoms with Crippen LogP contribution in [0.4, 0.5) is 11.6 Å². The summed E-state index contributed by atoms with van der Waals surface area (Å²) in [7, 11) is 2.07. The largest absolute Gasteiger partial charge is 0.357 e. The zero-order chi connectivity index (χ0) is 11.7. The third kappa shape index (κ3) is 2.24. The fourth-order valence-corrected chi connectivity index (χ4v) is 1.91. The van der Waals surface area contributed by atoms with E-state index in [9.17, 15) is 0 Å². The number of nitrogens with two attached hydrogens (primary N) is 1. The molecule has 5 nitrogen and oxygen atoms in total. The highest BCUT2D eigenvalue weighted by Gasteiger charge is 2.31. The molecule has 0 radical (unpaired) electrons. The van der Waals surface area contributed by atoms with Gasteiger partial charge in [-0.15, -0.1) is 0 Å². The first-order chi connectivity index (χ1) is 7.61. The van der Waals surface area contributed by atoms with Crippen LogP contribution in [0.15, 0.2) is 6.07 Å². The van der Waals surface area contributed by atoms with Crippen LogP contribution in [0.2, 0.25) is 0 Å². The van der Waals surface area contributed by atoms with E-state index in [0.29, 0.717) is 11.9 Å². The van der Waals surface area contributed by atoms with E-state index in [1.54, 1.807) is 0 Å². The second-order valence-electron chi connectivity index (χ2n) is 4.49. The highest BCUT2D eigenvalue weighted by Crippen LogP contribution is 2.36. The summed E-state index contributed by atoms with van der Waals surface area (Å²) in [4.78, 5) is 10.8. The monoisotopic (exact) mass is 221 g/mol. The third-order valence-electron chi connectivity index (χ3n) is 3.25. The van der Waals surface area contributed by atoms with E-state index in [0.717, 1.165) is 17.6 Å². The lowest BCUT2D eigenvalue weighted by Crippen LogP contribution is -2.31. The van der Waals surface area contributed by atoms with Crippen LogP contribution in [-0.4, -0.2) is 23.1 Å². The van der Waals surface area contributed by atoms with Crippen molar-refractivity contribution in [3.63, 3.8) is 0 Å². The van der Waals surface area contributed by atoms with Crippen LogP contribution < -0.4 is 16.2 Å². The van der Waals surface area contributed by atoms with Gasteiger partial charge in [0.25, 0.3) is 0 Å². The van der Waals surface area contributed by atoms with Crippen molar-refractivity contribution >= 4 is 11.6 Å². The number of nitrogen functional groups attached to an aromatic ring is 1. The molecular formula is C11H19N5. The van der Waals surface area contributed by atoms with Crippen molar-refractivity contribution in [3.8, 4) is 0 Å². The molecule has 0 saturated heterocycles. The topological polar surface area (TPSA) is 67.1 Å². The van der Waals surface area contributed by atoms with Gasteiger partial charge >= 0.3 is 0 Å². The van der Waals surface area contributed by atoms with Gasteiger partial charge in [0.15, 0.2) is 0 Å². The van der Waals surface area contributed by atoms with Crippen LogP contribution in [0.25, 0.3) is 0 Å². The highest BCUT2D eigenvalue weighted by atomic mass is 15.3. The Kier molecular flexibility index (Phi) is 2.96. The predicted molar refractivity (Wildman–Crippen MR) is 65.2 cm³/mol. The number of nitrogens with zero attached hydrogens (tertiary/aromatic N) is 3. The number of hydrogen-bond acceptors (Lipinski definition) is 5. The highest BCUT2D eigenvalue weighted by molar-refractivity contribution is 5.49. The molecule has 16 heavy (non-hydrogen) atoms. The molecule has 1 heterocycles. The molecule has 0 aliphatic heterocycles. The van der Waals surface area contributed by atoms with Gasteiger partial charge in [-0.25, -0.2) is 15.8 Å². The summed E-state index contributed by atoms with van der Waals surface area (Å²) in [5.74, 6) is 8.52. The van der Waals surface area contributed by atoms with Crippen LogP contribution in [0.3, 0.4) is 0 Å². The van der Waals surface area contributed by atoms with Gasteiger partial charge in [-0.1, -0.05) is 0 Å². The van der Waals surface area contributed by atoms with E-state index >= 15 is 0 Å². The summed E-state index contributed by atoms with van der Waals surface area (Å²) in [5.41, 5.74) is 2.57. The maximum Gasteiger partial charge on any atom is 0.145 e. The summed E-state index contributed by atoms with van der Waals surface area (Å²) in [6.07, 6.45) is 2.66. The maximum atomic E-state index is 5.38. The standard InChI is InChI=1S/C11H19N5/c1-7(9-4-5-9)16(3)11-6-10(15-12)13-8(2)14-11/h6-7,9H,4-5,12H2,1-3H3,(H,13,14,15). The number of aromatic nitrogens is 2.